The lowest BCUT2D eigenvalue weighted by molar-refractivity contribution is -0.157. The van der Waals surface area contributed by atoms with E-state index < -0.39 is 40.8 Å². The first-order chi connectivity index (χ1) is 14.1. The second-order valence-corrected chi connectivity index (χ2v) is 8.17. The van der Waals surface area contributed by atoms with Crippen LogP contribution in [0.4, 0.5) is 22.0 Å². The highest BCUT2D eigenvalue weighted by atomic mass is 19.4. The molecule has 2 aromatic rings. The number of halogens is 5. The van der Waals surface area contributed by atoms with E-state index in [2.05, 4.69) is 10.4 Å². The summed E-state index contributed by atoms with van der Waals surface area (Å²) in [6.07, 6.45) is -5.46. The minimum atomic E-state index is -4.75. The first-order valence-electron chi connectivity index (χ1n) is 9.57. The fourth-order valence-electron chi connectivity index (χ4n) is 5.04. The fraction of sp³-hybridized carbons (Fsp3) is 0.500. The minimum Gasteiger partial charge on any atom is -0.481 e. The highest BCUT2D eigenvalue weighted by Crippen LogP contribution is 2.61. The monoisotopic (exact) mass is 429 g/mol. The van der Waals surface area contributed by atoms with Crippen molar-refractivity contribution in [2.45, 2.75) is 43.7 Å². The van der Waals surface area contributed by atoms with Crippen molar-refractivity contribution < 1.29 is 31.9 Å². The van der Waals surface area contributed by atoms with Gasteiger partial charge >= 0.3 is 12.1 Å². The molecule has 2 heterocycles. The Morgan fingerprint density at radius 3 is 2.37 bits per heavy atom. The van der Waals surface area contributed by atoms with Crippen LogP contribution in [-0.4, -0.2) is 33.9 Å². The van der Waals surface area contributed by atoms with Crippen LogP contribution in [0.15, 0.2) is 30.5 Å². The number of nitrogens with zero attached hydrogens (tertiary/aromatic N) is 2. The molecule has 1 spiro atoms. The van der Waals surface area contributed by atoms with Gasteiger partial charge in [-0.1, -0.05) is 12.1 Å². The molecule has 2 fully saturated rings. The number of alkyl halides is 5. The van der Waals surface area contributed by atoms with Crippen LogP contribution in [0.3, 0.4) is 0 Å². The number of carbonyl (C=O) groups is 1. The summed E-state index contributed by atoms with van der Waals surface area (Å²) in [5.41, 5.74) is -4.55. The van der Waals surface area contributed by atoms with E-state index in [1.54, 1.807) is 0 Å². The zero-order chi connectivity index (χ0) is 21.7. The molecule has 1 aliphatic carbocycles. The van der Waals surface area contributed by atoms with E-state index in [9.17, 15) is 31.9 Å². The Labute approximate surface area is 168 Å². The molecule has 1 saturated carbocycles. The van der Waals surface area contributed by atoms with Crippen molar-refractivity contribution in [2.24, 2.45) is 5.41 Å². The summed E-state index contributed by atoms with van der Waals surface area (Å²) >= 11 is 0. The summed E-state index contributed by atoms with van der Waals surface area (Å²) in [7, 11) is 0. The second kappa shape index (κ2) is 7.04. The molecule has 2 aliphatic rings. The smallest absolute Gasteiger partial charge is 0.418 e. The number of para-hydroxylation sites is 1. The molecule has 162 valence electrons. The molecule has 30 heavy (non-hydrogen) atoms. The van der Waals surface area contributed by atoms with Crippen LogP contribution in [0.1, 0.15) is 48.9 Å². The van der Waals surface area contributed by atoms with E-state index in [0.717, 1.165) is 23.0 Å². The van der Waals surface area contributed by atoms with Crippen LogP contribution in [0.2, 0.25) is 0 Å². The summed E-state index contributed by atoms with van der Waals surface area (Å²) < 4.78 is 69.0. The third-order valence-corrected chi connectivity index (χ3v) is 6.35. The number of carboxylic acids is 1. The van der Waals surface area contributed by atoms with E-state index in [1.165, 1.54) is 12.1 Å². The number of hydrogen-bond acceptors (Lipinski definition) is 3. The first kappa shape index (κ1) is 20.8. The quantitative estimate of drug-likeness (QED) is 0.711. The van der Waals surface area contributed by atoms with Crippen LogP contribution in [0.5, 0.6) is 0 Å². The zero-order valence-electron chi connectivity index (χ0n) is 15.8. The predicted octanol–water partition coefficient (Wildman–Crippen LogP) is 4.31. The largest absolute Gasteiger partial charge is 0.481 e. The molecule has 1 aromatic heterocycles. The van der Waals surface area contributed by atoms with Crippen LogP contribution < -0.4 is 5.32 Å². The molecular weight excluding hydrogens is 409 g/mol. The average Bonchev–Trinajstić information content (AvgIpc) is 3.11. The Morgan fingerprint density at radius 1 is 1.17 bits per heavy atom. The van der Waals surface area contributed by atoms with Gasteiger partial charge in [-0.05, 0) is 56.3 Å². The summed E-state index contributed by atoms with van der Waals surface area (Å²) in [5, 5.41) is 17.0. The number of carboxylic acid groups (broad SMARTS) is 1. The maximum Gasteiger partial charge on any atom is 0.418 e. The van der Waals surface area contributed by atoms with Gasteiger partial charge in [0.05, 0.1) is 28.7 Å². The van der Waals surface area contributed by atoms with Gasteiger partial charge in [-0.3, -0.25) is 4.79 Å². The maximum absolute atomic E-state index is 13.8. The van der Waals surface area contributed by atoms with Gasteiger partial charge in [-0.25, -0.2) is 13.5 Å². The van der Waals surface area contributed by atoms with E-state index in [1.807, 2.05) is 0 Å². The Kier molecular flexibility index (Phi) is 4.87. The lowest BCUT2D eigenvalue weighted by atomic mass is 9.48. The molecule has 2 N–H and O–H groups in total. The lowest BCUT2D eigenvalue weighted by Gasteiger charge is -2.56. The van der Waals surface area contributed by atoms with Crippen molar-refractivity contribution >= 4 is 5.97 Å². The topological polar surface area (TPSA) is 67.1 Å². The summed E-state index contributed by atoms with van der Waals surface area (Å²) in [6.45, 7) is 1.38. The van der Waals surface area contributed by atoms with Gasteiger partial charge in [0.15, 0.2) is 0 Å². The molecule has 10 heteroatoms. The van der Waals surface area contributed by atoms with Crippen LogP contribution >= 0.6 is 0 Å². The summed E-state index contributed by atoms with van der Waals surface area (Å²) in [6, 6.07) is 4.46. The molecule has 0 radical (unpaired) electrons. The van der Waals surface area contributed by atoms with E-state index >= 15 is 0 Å². The second-order valence-electron chi connectivity index (χ2n) is 8.17. The molecule has 0 amide bonds. The third-order valence-electron chi connectivity index (χ3n) is 6.35. The first-order valence-corrected chi connectivity index (χ1v) is 9.57. The number of benzene rings is 1. The summed E-state index contributed by atoms with van der Waals surface area (Å²) in [4.78, 5) is 12.3. The van der Waals surface area contributed by atoms with Gasteiger partial charge in [0, 0.05) is 0 Å². The van der Waals surface area contributed by atoms with E-state index in [0.29, 0.717) is 25.9 Å². The van der Waals surface area contributed by atoms with E-state index in [-0.39, 0.29) is 24.0 Å². The van der Waals surface area contributed by atoms with Crippen molar-refractivity contribution in [3.63, 3.8) is 0 Å². The van der Waals surface area contributed by atoms with Gasteiger partial charge in [0.2, 0.25) is 0 Å². The Balaban J connectivity index is 1.89. The molecule has 1 aromatic carbocycles. The lowest BCUT2D eigenvalue weighted by Crippen LogP contribution is -2.58. The molecule has 0 atom stereocenters. The SMILES string of the molecule is O=C(O)C1(c2c(C(F)F)cnn2-c2ccccc2C(F)(F)F)CC2(CCNCC2)C1. The summed E-state index contributed by atoms with van der Waals surface area (Å²) in [5.74, 6) is -1.32. The Hall–Kier alpha value is -2.49. The van der Waals surface area contributed by atoms with Crippen molar-refractivity contribution in [3.8, 4) is 5.69 Å². The van der Waals surface area contributed by atoms with Crippen LogP contribution in [0.25, 0.3) is 5.69 Å². The zero-order valence-corrected chi connectivity index (χ0v) is 15.8. The van der Waals surface area contributed by atoms with Gasteiger partial charge in [-0.2, -0.15) is 18.3 Å². The molecule has 5 nitrogen and oxygen atoms in total. The maximum atomic E-state index is 13.8. The van der Waals surface area contributed by atoms with Crippen LogP contribution in [0, 0.1) is 5.41 Å². The number of piperidine rings is 1. The highest BCUT2D eigenvalue weighted by molar-refractivity contribution is 5.83. The van der Waals surface area contributed by atoms with Crippen molar-refractivity contribution in [1.29, 1.82) is 0 Å². The minimum absolute atomic E-state index is 0.0939. The Bertz CT molecular complexity index is 956. The molecule has 1 aliphatic heterocycles. The number of hydrogen-bond donors (Lipinski definition) is 2. The molecule has 0 unspecified atom stereocenters. The number of aromatic nitrogens is 2. The van der Waals surface area contributed by atoms with Gasteiger partial charge in [0.25, 0.3) is 6.43 Å². The molecule has 4 rings (SSSR count). The normalized spacial score (nSPS) is 20.3. The number of nitrogens with one attached hydrogen (secondary N) is 1. The third kappa shape index (κ3) is 3.17. The van der Waals surface area contributed by atoms with Crippen molar-refractivity contribution in [3.05, 3.63) is 47.3 Å². The van der Waals surface area contributed by atoms with E-state index in [4.69, 9.17) is 0 Å². The van der Waals surface area contributed by atoms with Crippen LogP contribution in [-0.2, 0) is 16.4 Å². The number of aliphatic carboxylic acids is 1. The van der Waals surface area contributed by atoms with Gasteiger partial charge in [0.1, 0.15) is 5.41 Å². The molecule has 1 saturated heterocycles. The van der Waals surface area contributed by atoms with Gasteiger partial charge in [-0.15, -0.1) is 0 Å². The Morgan fingerprint density at radius 2 is 1.80 bits per heavy atom. The average molecular weight is 429 g/mol. The predicted molar refractivity (Wildman–Crippen MR) is 96.6 cm³/mol. The van der Waals surface area contributed by atoms with Crippen molar-refractivity contribution in [2.75, 3.05) is 13.1 Å². The number of rotatable bonds is 4. The van der Waals surface area contributed by atoms with Crippen molar-refractivity contribution in [1.82, 2.24) is 15.1 Å². The molecule has 0 bridgehead atoms. The fourth-order valence-corrected chi connectivity index (χ4v) is 5.04. The van der Waals surface area contributed by atoms with Gasteiger partial charge < -0.3 is 10.4 Å². The molecular formula is C20H20F5N3O2. The highest BCUT2D eigenvalue weighted by Gasteiger charge is 2.62. The standard InChI is InChI=1S/C20H20F5N3O2/c21-16(22)12-9-27-28(14-4-2-1-3-13(14)20(23,24)25)15(12)19(17(29)30)10-18(11-19)5-7-26-8-6-18/h1-4,9,16,26H,5-8,10-11H2,(H,29,30).